The van der Waals surface area contributed by atoms with Crippen molar-refractivity contribution < 1.29 is 14.0 Å². The summed E-state index contributed by atoms with van der Waals surface area (Å²) < 4.78 is 16.8. The summed E-state index contributed by atoms with van der Waals surface area (Å²) in [6, 6.07) is 29.5. The molecule has 7 heteroatoms. The number of ketones is 1. The van der Waals surface area contributed by atoms with E-state index in [1.54, 1.807) is 18.2 Å². The van der Waals surface area contributed by atoms with Crippen molar-refractivity contribution in [1.82, 2.24) is 4.57 Å². The number of nitriles is 1. The minimum absolute atomic E-state index is 0.0352. The first-order chi connectivity index (χ1) is 20.8. The summed E-state index contributed by atoms with van der Waals surface area (Å²) in [5, 5.41) is 11.1. The number of benzene rings is 3. The van der Waals surface area contributed by atoms with Crippen LogP contribution in [0.15, 0.2) is 120 Å². The summed E-state index contributed by atoms with van der Waals surface area (Å²) >= 11 is 0. The standard InChI is InChI=1S/C36H29FN4O2/c1-35(2)20-30-32(31(42)21-35)36(27(22-38)33(39-18-10-11-19-39)41(30)25-13-4-3-5-14-25)26-15-7-9-17-29(26)40(34(36)43)23-24-12-6-8-16-28(24)37/h3-19H,20-21,23H2,1-2H3. The van der Waals surface area contributed by atoms with Crippen molar-refractivity contribution in [3.63, 3.8) is 0 Å². The molecule has 4 aromatic rings. The molecule has 0 radical (unpaired) electrons. The van der Waals surface area contributed by atoms with Crippen LogP contribution in [0.25, 0.3) is 5.82 Å². The van der Waals surface area contributed by atoms with Crippen LogP contribution >= 0.6 is 0 Å². The molecule has 1 amide bonds. The molecule has 1 atom stereocenters. The van der Waals surface area contributed by atoms with Crippen molar-refractivity contribution in [1.29, 1.82) is 5.26 Å². The van der Waals surface area contributed by atoms with Gasteiger partial charge in [0.05, 0.1) is 12.1 Å². The third-order valence-electron chi connectivity index (χ3n) is 8.73. The second kappa shape index (κ2) is 9.67. The number of amides is 1. The average molecular weight is 569 g/mol. The van der Waals surface area contributed by atoms with Crippen molar-refractivity contribution in [2.45, 2.75) is 38.6 Å². The van der Waals surface area contributed by atoms with Crippen molar-refractivity contribution in [2.75, 3.05) is 9.80 Å². The fourth-order valence-electron chi connectivity index (χ4n) is 7.04. The number of hydrogen-bond acceptors (Lipinski definition) is 4. The number of fused-ring (bicyclic) bond motifs is 3. The molecule has 1 aromatic heterocycles. The van der Waals surface area contributed by atoms with E-state index in [2.05, 4.69) is 19.9 Å². The highest BCUT2D eigenvalue weighted by molar-refractivity contribution is 6.22. The van der Waals surface area contributed by atoms with E-state index in [1.165, 1.54) is 11.0 Å². The molecular formula is C36H29FN4O2. The van der Waals surface area contributed by atoms with Crippen LogP contribution in [0.1, 0.15) is 37.8 Å². The van der Waals surface area contributed by atoms with E-state index in [-0.39, 0.29) is 29.7 Å². The Morgan fingerprint density at radius 1 is 0.860 bits per heavy atom. The zero-order chi connectivity index (χ0) is 29.9. The third-order valence-corrected chi connectivity index (χ3v) is 8.73. The number of Topliss-reactive ketones (excluding diaryl/α,β-unsaturated/α-hetero) is 1. The zero-order valence-electron chi connectivity index (χ0n) is 23.9. The second-order valence-corrected chi connectivity index (χ2v) is 12.1. The Labute approximate surface area is 249 Å². The number of para-hydroxylation sites is 2. The Morgan fingerprint density at radius 3 is 2.26 bits per heavy atom. The number of rotatable bonds is 4. The lowest BCUT2D eigenvalue weighted by Gasteiger charge is -2.48. The number of halogens is 1. The Balaban J connectivity index is 1.59. The Kier molecular flexibility index (Phi) is 6.00. The molecule has 3 heterocycles. The molecule has 6 nitrogen and oxygen atoms in total. The lowest BCUT2D eigenvalue weighted by atomic mass is 9.60. The highest BCUT2D eigenvalue weighted by Crippen LogP contribution is 2.59. The van der Waals surface area contributed by atoms with E-state index in [0.29, 0.717) is 40.3 Å². The monoisotopic (exact) mass is 568 g/mol. The molecule has 0 saturated carbocycles. The van der Waals surface area contributed by atoms with Crippen LogP contribution in [-0.2, 0) is 21.5 Å². The largest absolute Gasteiger partial charge is 0.309 e. The third kappa shape index (κ3) is 3.83. The summed E-state index contributed by atoms with van der Waals surface area (Å²) in [7, 11) is 0. The minimum atomic E-state index is -1.69. The lowest BCUT2D eigenvalue weighted by molar-refractivity contribution is -0.125. The van der Waals surface area contributed by atoms with Gasteiger partial charge < -0.3 is 9.47 Å². The van der Waals surface area contributed by atoms with E-state index >= 15 is 4.79 Å². The normalized spacial score (nSPS) is 20.9. The van der Waals surface area contributed by atoms with E-state index in [1.807, 2.05) is 88.6 Å². The number of aromatic nitrogens is 1. The van der Waals surface area contributed by atoms with Crippen LogP contribution < -0.4 is 9.80 Å². The summed E-state index contributed by atoms with van der Waals surface area (Å²) in [5.41, 5.74) is 1.38. The average Bonchev–Trinajstić information content (AvgIpc) is 3.61. The van der Waals surface area contributed by atoms with Crippen molar-refractivity contribution in [3.05, 3.63) is 137 Å². The molecule has 0 fully saturated rings. The van der Waals surface area contributed by atoms with E-state index in [4.69, 9.17) is 0 Å². The Hall–Kier alpha value is -5.22. The first-order valence-electron chi connectivity index (χ1n) is 14.3. The summed E-state index contributed by atoms with van der Waals surface area (Å²) in [5.74, 6) is -0.514. The summed E-state index contributed by atoms with van der Waals surface area (Å²) in [4.78, 5) is 33.1. The maximum atomic E-state index is 15.1. The maximum Gasteiger partial charge on any atom is 0.248 e. The first-order valence-corrected chi connectivity index (χ1v) is 14.3. The number of allylic oxidation sites excluding steroid dienone is 1. The molecule has 3 aliphatic rings. The molecule has 1 aliphatic carbocycles. The fourth-order valence-corrected chi connectivity index (χ4v) is 7.04. The van der Waals surface area contributed by atoms with E-state index < -0.39 is 17.1 Å². The predicted octanol–water partition coefficient (Wildman–Crippen LogP) is 6.97. The highest BCUT2D eigenvalue weighted by atomic mass is 19.1. The highest BCUT2D eigenvalue weighted by Gasteiger charge is 2.63. The van der Waals surface area contributed by atoms with Gasteiger partial charge in [-0.05, 0) is 48.2 Å². The summed E-state index contributed by atoms with van der Waals surface area (Å²) in [6.45, 7) is 4.07. The molecule has 212 valence electrons. The molecule has 2 aliphatic heterocycles. The van der Waals surface area contributed by atoms with Gasteiger partial charge in [0, 0.05) is 52.6 Å². The number of anilines is 2. The minimum Gasteiger partial charge on any atom is -0.309 e. The van der Waals surface area contributed by atoms with Gasteiger partial charge in [0.25, 0.3) is 0 Å². The number of carbonyl (C=O) groups excluding carboxylic acids is 2. The Morgan fingerprint density at radius 2 is 1.53 bits per heavy atom. The quantitative estimate of drug-likeness (QED) is 0.267. The number of nitrogens with zero attached hydrogens (tertiary/aromatic N) is 4. The van der Waals surface area contributed by atoms with Crippen LogP contribution in [0.4, 0.5) is 15.8 Å². The molecule has 1 spiro atoms. The predicted molar refractivity (Wildman–Crippen MR) is 163 cm³/mol. The van der Waals surface area contributed by atoms with Crippen molar-refractivity contribution in [3.8, 4) is 6.07 Å². The fraction of sp³-hybridized carbons (Fsp3) is 0.194. The molecule has 0 bridgehead atoms. The molecule has 7 rings (SSSR count). The van der Waals surface area contributed by atoms with E-state index in [0.717, 1.165) is 5.69 Å². The van der Waals surface area contributed by atoms with Crippen LogP contribution in [0.2, 0.25) is 0 Å². The van der Waals surface area contributed by atoms with E-state index in [9.17, 15) is 14.4 Å². The maximum absolute atomic E-state index is 15.1. The zero-order valence-corrected chi connectivity index (χ0v) is 23.9. The molecule has 1 unspecified atom stereocenters. The van der Waals surface area contributed by atoms with Gasteiger partial charge in [-0.3, -0.25) is 14.5 Å². The van der Waals surface area contributed by atoms with Crippen LogP contribution in [-0.4, -0.2) is 16.3 Å². The van der Waals surface area contributed by atoms with Crippen LogP contribution in [0, 0.1) is 22.6 Å². The first kappa shape index (κ1) is 26.7. The van der Waals surface area contributed by atoms with Crippen molar-refractivity contribution >= 4 is 28.9 Å². The number of hydrogen-bond donors (Lipinski definition) is 0. The van der Waals surface area contributed by atoms with Gasteiger partial charge in [0.1, 0.15) is 23.1 Å². The molecular weight excluding hydrogens is 539 g/mol. The smallest absolute Gasteiger partial charge is 0.248 e. The van der Waals surface area contributed by atoms with Crippen LogP contribution in [0.5, 0.6) is 0 Å². The molecule has 43 heavy (non-hydrogen) atoms. The topological polar surface area (TPSA) is 69.3 Å². The van der Waals surface area contributed by atoms with Gasteiger partial charge >= 0.3 is 0 Å². The lowest BCUT2D eigenvalue weighted by Crippen LogP contribution is -2.52. The van der Waals surface area contributed by atoms with Crippen molar-refractivity contribution in [2.24, 2.45) is 5.41 Å². The molecule has 3 aromatic carbocycles. The summed E-state index contributed by atoms with van der Waals surface area (Å²) in [6.07, 6.45) is 4.44. The van der Waals surface area contributed by atoms with Gasteiger partial charge in [-0.15, -0.1) is 0 Å². The SMILES string of the molecule is CC1(C)CC(=O)C2=C(C1)N(c1ccccc1)C(n1cccc1)=C(C#N)C21C(=O)N(Cc2ccccc2F)c2ccccc21. The molecule has 0 N–H and O–H groups in total. The van der Waals surface area contributed by atoms with Gasteiger partial charge in [-0.1, -0.05) is 68.4 Å². The number of carbonyl (C=O) groups is 2. The Bertz CT molecular complexity index is 1900. The van der Waals surface area contributed by atoms with Gasteiger partial charge in [0.15, 0.2) is 5.78 Å². The van der Waals surface area contributed by atoms with Crippen LogP contribution in [0.3, 0.4) is 0 Å². The van der Waals surface area contributed by atoms with Gasteiger partial charge in [-0.25, -0.2) is 4.39 Å². The van der Waals surface area contributed by atoms with Gasteiger partial charge in [0.2, 0.25) is 5.91 Å². The second-order valence-electron chi connectivity index (χ2n) is 12.1. The molecule has 0 saturated heterocycles. The van der Waals surface area contributed by atoms with Gasteiger partial charge in [-0.2, -0.15) is 5.26 Å².